The van der Waals surface area contributed by atoms with Gasteiger partial charge in [-0.2, -0.15) is 0 Å². The molecule has 0 saturated carbocycles. The van der Waals surface area contributed by atoms with Crippen molar-refractivity contribution in [2.75, 3.05) is 31.1 Å². The lowest BCUT2D eigenvalue weighted by Crippen LogP contribution is -2.43. The van der Waals surface area contributed by atoms with Gasteiger partial charge in [0.25, 0.3) is 0 Å². The second-order valence-electron chi connectivity index (χ2n) is 8.07. The molecule has 1 saturated heterocycles. The third-order valence-electron chi connectivity index (χ3n) is 6.07. The summed E-state index contributed by atoms with van der Waals surface area (Å²) in [7, 11) is 0. The summed E-state index contributed by atoms with van der Waals surface area (Å²) in [5, 5.41) is 0. The molecule has 1 fully saturated rings. The first-order chi connectivity index (χ1) is 15.7. The molecule has 8 nitrogen and oxygen atoms in total. The number of fused-ring (bicyclic) bond motifs is 1. The molecule has 8 heteroatoms. The van der Waals surface area contributed by atoms with Gasteiger partial charge in [-0.05, 0) is 17.2 Å². The van der Waals surface area contributed by atoms with Crippen LogP contribution < -0.4 is 4.90 Å². The summed E-state index contributed by atoms with van der Waals surface area (Å²) in [5.41, 5.74) is 4.19. The standard InChI is InChI=1S/C24H25N5O3/c30-23(15-29-22(16-32-24(29)31)18-6-2-1-3-7-18)28-11-10-27(14-20-12-25-17-26-20)21-9-5-4-8-19(21)13-28/h1-9,12,17,22H,10-11,13-16H2,(H,25,26)/t22-/m1/s1. The zero-order chi connectivity index (χ0) is 21.9. The van der Waals surface area contributed by atoms with Crippen molar-refractivity contribution >= 4 is 17.7 Å². The van der Waals surface area contributed by atoms with E-state index in [-0.39, 0.29) is 25.1 Å². The Morgan fingerprint density at radius 2 is 1.91 bits per heavy atom. The largest absolute Gasteiger partial charge is 0.447 e. The van der Waals surface area contributed by atoms with E-state index in [0.29, 0.717) is 26.2 Å². The van der Waals surface area contributed by atoms with Gasteiger partial charge in [0.15, 0.2) is 0 Å². The number of anilines is 1. The molecule has 1 N–H and O–H groups in total. The van der Waals surface area contributed by atoms with E-state index in [0.717, 1.165) is 22.5 Å². The van der Waals surface area contributed by atoms with Crippen molar-refractivity contribution in [3.63, 3.8) is 0 Å². The number of H-pyrrole nitrogens is 1. The summed E-state index contributed by atoms with van der Waals surface area (Å²) in [6, 6.07) is 17.6. The number of hydrogen-bond donors (Lipinski definition) is 1. The zero-order valence-corrected chi connectivity index (χ0v) is 17.7. The smallest absolute Gasteiger partial charge is 0.410 e. The Bertz CT molecular complexity index is 1090. The maximum Gasteiger partial charge on any atom is 0.410 e. The first-order valence-corrected chi connectivity index (χ1v) is 10.8. The molecule has 0 radical (unpaired) electrons. The number of aromatic nitrogens is 2. The van der Waals surface area contributed by atoms with Gasteiger partial charge >= 0.3 is 6.09 Å². The normalized spacial score (nSPS) is 18.3. The molecule has 164 valence electrons. The number of imidazole rings is 1. The molecular formula is C24H25N5O3. The van der Waals surface area contributed by atoms with Crippen LogP contribution in [0.15, 0.2) is 67.1 Å². The molecule has 5 rings (SSSR count). The Kier molecular flexibility index (Phi) is 5.49. The summed E-state index contributed by atoms with van der Waals surface area (Å²) in [6.45, 7) is 2.72. The molecular weight excluding hydrogens is 406 g/mol. The minimum absolute atomic E-state index is 0.00110. The molecule has 2 aliphatic rings. The van der Waals surface area contributed by atoms with Crippen molar-refractivity contribution in [2.24, 2.45) is 0 Å². The van der Waals surface area contributed by atoms with E-state index in [1.807, 2.05) is 53.6 Å². The van der Waals surface area contributed by atoms with Crippen LogP contribution >= 0.6 is 0 Å². The van der Waals surface area contributed by atoms with Crippen LogP contribution in [-0.2, 0) is 22.6 Å². The number of rotatable bonds is 5. The predicted molar refractivity (Wildman–Crippen MR) is 119 cm³/mol. The number of benzene rings is 2. The summed E-state index contributed by atoms with van der Waals surface area (Å²) in [5.74, 6) is -0.0806. The highest BCUT2D eigenvalue weighted by atomic mass is 16.6. The van der Waals surface area contributed by atoms with Crippen LogP contribution in [-0.4, -0.2) is 58.0 Å². The molecule has 0 unspecified atom stereocenters. The Morgan fingerprint density at radius 3 is 2.72 bits per heavy atom. The maximum atomic E-state index is 13.3. The second kappa shape index (κ2) is 8.74. The lowest BCUT2D eigenvalue weighted by Gasteiger charge is -2.26. The van der Waals surface area contributed by atoms with Gasteiger partial charge in [-0.25, -0.2) is 9.78 Å². The quantitative estimate of drug-likeness (QED) is 0.672. The van der Waals surface area contributed by atoms with Crippen molar-refractivity contribution in [3.05, 3.63) is 83.9 Å². The fourth-order valence-corrected chi connectivity index (χ4v) is 4.38. The summed E-state index contributed by atoms with van der Waals surface area (Å²) < 4.78 is 5.28. The Hall–Kier alpha value is -3.81. The number of ether oxygens (including phenoxy) is 1. The zero-order valence-electron chi connectivity index (χ0n) is 17.7. The number of carbonyl (C=O) groups excluding carboxylic acids is 2. The van der Waals surface area contributed by atoms with Gasteiger partial charge in [0.05, 0.1) is 24.6 Å². The fourth-order valence-electron chi connectivity index (χ4n) is 4.38. The monoisotopic (exact) mass is 431 g/mol. The highest BCUT2D eigenvalue weighted by molar-refractivity contribution is 5.83. The van der Waals surface area contributed by atoms with E-state index in [9.17, 15) is 9.59 Å². The van der Waals surface area contributed by atoms with Crippen molar-refractivity contribution in [1.82, 2.24) is 19.8 Å². The number of nitrogens with zero attached hydrogens (tertiary/aromatic N) is 4. The number of para-hydroxylation sites is 1. The fraction of sp³-hybridized carbons (Fsp3) is 0.292. The van der Waals surface area contributed by atoms with Crippen LogP contribution in [0.3, 0.4) is 0 Å². The number of amides is 2. The number of cyclic esters (lactones) is 1. The second-order valence-corrected chi connectivity index (χ2v) is 8.07. The molecule has 1 aromatic heterocycles. The van der Waals surface area contributed by atoms with E-state index in [1.54, 1.807) is 6.33 Å². The van der Waals surface area contributed by atoms with Crippen molar-refractivity contribution in [1.29, 1.82) is 0 Å². The van der Waals surface area contributed by atoms with Crippen molar-refractivity contribution in [3.8, 4) is 0 Å². The molecule has 0 bridgehead atoms. The summed E-state index contributed by atoms with van der Waals surface area (Å²) in [4.78, 5) is 38.6. The molecule has 3 aromatic rings. The average molecular weight is 431 g/mol. The van der Waals surface area contributed by atoms with Gasteiger partial charge in [-0.3, -0.25) is 9.69 Å². The predicted octanol–water partition coefficient (Wildman–Crippen LogP) is 2.95. The van der Waals surface area contributed by atoms with Gasteiger partial charge < -0.3 is 19.5 Å². The molecule has 2 aromatic carbocycles. The maximum absolute atomic E-state index is 13.3. The van der Waals surface area contributed by atoms with E-state index in [4.69, 9.17) is 4.74 Å². The highest BCUT2D eigenvalue weighted by Gasteiger charge is 2.36. The van der Waals surface area contributed by atoms with Gasteiger partial charge in [-0.1, -0.05) is 48.5 Å². The molecule has 2 aliphatic heterocycles. The van der Waals surface area contributed by atoms with E-state index >= 15 is 0 Å². The SMILES string of the molecule is O=C(CN1C(=O)OC[C@@H]1c1ccccc1)N1CCN(Cc2cnc[nH]2)c2ccccc2C1. The molecule has 0 aliphatic carbocycles. The van der Waals surface area contributed by atoms with E-state index < -0.39 is 6.09 Å². The van der Waals surface area contributed by atoms with Crippen LogP contribution in [0.5, 0.6) is 0 Å². The minimum Gasteiger partial charge on any atom is -0.447 e. The van der Waals surface area contributed by atoms with Crippen molar-refractivity contribution < 1.29 is 14.3 Å². The van der Waals surface area contributed by atoms with Gasteiger partial charge in [0.1, 0.15) is 13.2 Å². The molecule has 32 heavy (non-hydrogen) atoms. The minimum atomic E-state index is -0.441. The van der Waals surface area contributed by atoms with Crippen LogP contribution in [0.2, 0.25) is 0 Å². The van der Waals surface area contributed by atoms with Crippen LogP contribution in [0.4, 0.5) is 10.5 Å². The number of nitrogens with one attached hydrogen (secondary N) is 1. The Labute approximate surface area is 186 Å². The molecule has 2 amide bonds. The first kappa shape index (κ1) is 20.1. The first-order valence-electron chi connectivity index (χ1n) is 10.8. The molecule has 3 heterocycles. The van der Waals surface area contributed by atoms with Gasteiger partial charge in [0, 0.05) is 31.5 Å². The average Bonchev–Trinajstić information content (AvgIpc) is 3.41. The topological polar surface area (TPSA) is 81.8 Å². The third-order valence-corrected chi connectivity index (χ3v) is 6.07. The molecule has 1 atom stereocenters. The lowest BCUT2D eigenvalue weighted by atomic mass is 10.1. The van der Waals surface area contributed by atoms with Gasteiger partial charge in [-0.15, -0.1) is 0 Å². The Balaban J connectivity index is 1.33. The summed E-state index contributed by atoms with van der Waals surface area (Å²) >= 11 is 0. The summed E-state index contributed by atoms with van der Waals surface area (Å²) in [6.07, 6.45) is 3.05. The van der Waals surface area contributed by atoms with Crippen molar-refractivity contribution in [2.45, 2.75) is 19.1 Å². The number of carbonyl (C=O) groups is 2. The van der Waals surface area contributed by atoms with E-state index in [1.165, 1.54) is 4.90 Å². The number of hydrogen-bond acceptors (Lipinski definition) is 5. The van der Waals surface area contributed by atoms with Crippen LogP contribution in [0.1, 0.15) is 22.9 Å². The molecule has 0 spiro atoms. The van der Waals surface area contributed by atoms with Crippen LogP contribution in [0.25, 0.3) is 0 Å². The van der Waals surface area contributed by atoms with E-state index in [2.05, 4.69) is 27.0 Å². The lowest BCUT2D eigenvalue weighted by molar-refractivity contribution is -0.132. The third kappa shape index (κ3) is 4.03. The number of aromatic amines is 1. The van der Waals surface area contributed by atoms with Crippen LogP contribution in [0, 0.1) is 0 Å². The van der Waals surface area contributed by atoms with Gasteiger partial charge in [0.2, 0.25) is 5.91 Å². The highest BCUT2D eigenvalue weighted by Crippen LogP contribution is 2.29. The Morgan fingerprint density at radius 1 is 1.09 bits per heavy atom.